The third-order valence-electron chi connectivity index (χ3n) is 8.30. The van der Waals surface area contributed by atoms with Gasteiger partial charge in [-0.15, -0.1) is 5.10 Å². The van der Waals surface area contributed by atoms with E-state index in [1.54, 1.807) is 0 Å². The minimum Gasteiger partial charge on any atom is -0.465 e. The number of rotatable bonds is 7. The van der Waals surface area contributed by atoms with Gasteiger partial charge in [-0.05, 0) is 42.9 Å². The lowest BCUT2D eigenvalue weighted by atomic mass is 10.0. The van der Waals surface area contributed by atoms with Crippen LogP contribution in [0.25, 0.3) is 5.69 Å². The molecule has 2 saturated heterocycles. The summed E-state index contributed by atoms with van der Waals surface area (Å²) in [5, 5.41) is 20.8. The van der Waals surface area contributed by atoms with Gasteiger partial charge in [0.25, 0.3) is 5.91 Å². The molecule has 1 aliphatic carbocycles. The summed E-state index contributed by atoms with van der Waals surface area (Å²) in [6.07, 6.45) is 7.20. The van der Waals surface area contributed by atoms with Gasteiger partial charge in [-0.3, -0.25) is 4.79 Å². The Hall–Kier alpha value is -3.72. The van der Waals surface area contributed by atoms with Crippen LogP contribution >= 0.6 is 0 Å². The van der Waals surface area contributed by atoms with E-state index in [0.29, 0.717) is 42.7 Å². The first-order valence-corrected chi connectivity index (χ1v) is 14.5. The zero-order valence-electron chi connectivity index (χ0n) is 23.3. The molecule has 9 heteroatoms. The number of benzene rings is 2. The fourth-order valence-corrected chi connectivity index (χ4v) is 6.19. The molecule has 212 valence electrons. The average Bonchev–Trinajstić information content (AvgIpc) is 3.77. The maximum absolute atomic E-state index is 13.2. The van der Waals surface area contributed by atoms with E-state index in [-0.39, 0.29) is 11.9 Å². The molecule has 3 heterocycles. The Balaban J connectivity index is 0.000000582. The van der Waals surface area contributed by atoms with Gasteiger partial charge in [-0.2, -0.15) is 9.90 Å². The molecule has 0 spiro atoms. The van der Waals surface area contributed by atoms with Crippen molar-refractivity contribution in [2.45, 2.75) is 51.5 Å². The van der Waals surface area contributed by atoms with Gasteiger partial charge in [0.2, 0.25) is 0 Å². The van der Waals surface area contributed by atoms with Gasteiger partial charge in [0.05, 0.1) is 17.4 Å². The third kappa shape index (κ3) is 6.88. The summed E-state index contributed by atoms with van der Waals surface area (Å²) in [4.78, 5) is 30.4. The van der Waals surface area contributed by atoms with Gasteiger partial charge in [0, 0.05) is 32.7 Å². The van der Waals surface area contributed by atoms with Crippen molar-refractivity contribution >= 4 is 12.0 Å². The van der Waals surface area contributed by atoms with Crippen LogP contribution in [0.15, 0.2) is 60.7 Å². The maximum atomic E-state index is 13.2. The van der Waals surface area contributed by atoms with Crippen LogP contribution in [-0.4, -0.2) is 74.6 Å². The van der Waals surface area contributed by atoms with Gasteiger partial charge < -0.3 is 20.2 Å². The van der Waals surface area contributed by atoms with Crippen LogP contribution in [-0.2, 0) is 0 Å². The maximum Gasteiger partial charge on any atom is 0.405 e. The first kappa shape index (κ1) is 27.8. The fraction of sp³-hybridized carbons (Fsp3) is 0.484. The number of aromatic nitrogens is 3. The van der Waals surface area contributed by atoms with E-state index in [1.807, 2.05) is 72.5 Å². The summed E-state index contributed by atoms with van der Waals surface area (Å²) in [7, 11) is 0. The Kier molecular flexibility index (Phi) is 9.11. The van der Waals surface area contributed by atoms with E-state index >= 15 is 0 Å². The van der Waals surface area contributed by atoms with Crippen LogP contribution in [0.1, 0.15) is 66.3 Å². The topological polar surface area (TPSA) is 104 Å². The molecule has 1 saturated carbocycles. The molecular weight excluding hydrogens is 504 g/mol. The number of nitrogens with one attached hydrogen (secondary N) is 1. The summed E-state index contributed by atoms with van der Waals surface area (Å²) in [6, 6.07) is 19.1. The van der Waals surface area contributed by atoms with E-state index in [1.165, 1.54) is 36.9 Å². The number of fused-ring (bicyclic) bond motifs is 1. The van der Waals surface area contributed by atoms with E-state index in [9.17, 15) is 14.7 Å². The quantitative estimate of drug-likeness (QED) is 0.437. The zero-order valence-corrected chi connectivity index (χ0v) is 23.3. The Bertz CT molecular complexity index is 1240. The van der Waals surface area contributed by atoms with Crippen molar-refractivity contribution in [2.75, 3.05) is 32.7 Å². The number of carbonyl (C=O) groups excluding carboxylic acids is 1. The van der Waals surface area contributed by atoms with Crippen molar-refractivity contribution in [3.05, 3.63) is 77.6 Å². The Morgan fingerprint density at radius 3 is 2.02 bits per heavy atom. The molecule has 2 amide bonds. The number of nitrogens with zero attached hydrogens (tertiary/aromatic N) is 5. The molecule has 3 aliphatic rings. The molecule has 1 aromatic heterocycles. The fourth-order valence-electron chi connectivity index (χ4n) is 6.19. The van der Waals surface area contributed by atoms with E-state index in [0.717, 1.165) is 30.9 Å². The molecule has 2 aliphatic heterocycles. The number of carboxylic acid groups (broad SMARTS) is 1. The molecule has 6 rings (SSSR count). The first-order chi connectivity index (χ1) is 19.5. The van der Waals surface area contributed by atoms with Crippen molar-refractivity contribution in [2.24, 2.45) is 11.8 Å². The normalized spacial score (nSPS) is 21.0. The van der Waals surface area contributed by atoms with Crippen LogP contribution in [0.2, 0.25) is 0 Å². The number of aryl methyl sites for hydroxylation is 1. The third-order valence-corrected chi connectivity index (χ3v) is 8.30. The van der Waals surface area contributed by atoms with Crippen molar-refractivity contribution in [3.8, 4) is 5.69 Å². The Morgan fingerprint density at radius 1 is 0.875 bits per heavy atom. The highest BCUT2D eigenvalue weighted by molar-refractivity contribution is 5.93. The summed E-state index contributed by atoms with van der Waals surface area (Å²) >= 11 is 0. The summed E-state index contributed by atoms with van der Waals surface area (Å²) in [6.45, 7) is 5.90. The highest BCUT2D eigenvalue weighted by Gasteiger charge is 2.42. The number of carbonyl (C=O) groups is 2. The van der Waals surface area contributed by atoms with Crippen LogP contribution in [0.4, 0.5) is 4.79 Å². The summed E-state index contributed by atoms with van der Waals surface area (Å²) in [5.41, 5.74) is 2.85. The van der Waals surface area contributed by atoms with Crippen LogP contribution in [0.3, 0.4) is 0 Å². The Morgan fingerprint density at radius 2 is 1.45 bits per heavy atom. The SMILES string of the molecule is C1CCCC1.Cc1nn(-c2ccccc2)nc1C(=O)N1CC2CN(CCC(NC(=O)O)c3ccccc3)C[C@H]2C1. The standard InChI is InChI=1S/C26H30N6O3.C5H10/c1-18-24(29-32(28-18)22-10-6-3-7-11-22)25(33)31-16-20-14-30(15-21(20)17-31)13-12-23(27-26(34)35)19-8-4-2-5-9-19;1-2-4-5-3-1/h2-11,20-21,23,27H,12-17H2,1H3,(H,34,35);1-5H2/t20-,21?,23?;/m0./s1. The van der Waals surface area contributed by atoms with Crippen LogP contribution in [0.5, 0.6) is 0 Å². The van der Waals surface area contributed by atoms with Gasteiger partial charge in [-0.25, -0.2) is 4.79 Å². The first-order valence-electron chi connectivity index (χ1n) is 14.5. The lowest BCUT2D eigenvalue weighted by Gasteiger charge is -2.24. The summed E-state index contributed by atoms with van der Waals surface area (Å²) < 4.78 is 0. The smallest absolute Gasteiger partial charge is 0.405 e. The highest BCUT2D eigenvalue weighted by Crippen LogP contribution is 2.32. The molecule has 2 unspecified atom stereocenters. The van der Waals surface area contributed by atoms with Crippen molar-refractivity contribution in [1.82, 2.24) is 30.1 Å². The molecule has 0 radical (unpaired) electrons. The molecule has 3 fully saturated rings. The zero-order chi connectivity index (χ0) is 27.9. The largest absolute Gasteiger partial charge is 0.465 e. The second-order valence-corrected chi connectivity index (χ2v) is 11.2. The predicted molar refractivity (Wildman–Crippen MR) is 153 cm³/mol. The van der Waals surface area contributed by atoms with E-state index < -0.39 is 6.09 Å². The second kappa shape index (κ2) is 13.1. The van der Waals surface area contributed by atoms with E-state index in [2.05, 4.69) is 20.4 Å². The number of hydrogen-bond acceptors (Lipinski definition) is 5. The predicted octanol–water partition coefficient (Wildman–Crippen LogP) is 4.93. The van der Waals surface area contributed by atoms with Gasteiger partial charge in [0.15, 0.2) is 5.69 Å². The summed E-state index contributed by atoms with van der Waals surface area (Å²) in [5.74, 6) is 0.789. The number of amides is 2. The van der Waals surface area contributed by atoms with Crippen molar-refractivity contribution < 1.29 is 14.7 Å². The molecular formula is C31H40N6O3. The molecule has 3 aromatic rings. The van der Waals surface area contributed by atoms with Crippen molar-refractivity contribution in [3.63, 3.8) is 0 Å². The Labute approximate surface area is 236 Å². The lowest BCUT2D eigenvalue weighted by molar-refractivity contribution is 0.0767. The van der Waals surface area contributed by atoms with Gasteiger partial charge in [-0.1, -0.05) is 80.6 Å². The highest BCUT2D eigenvalue weighted by atomic mass is 16.4. The molecule has 3 atom stereocenters. The minimum absolute atomic E-state index is 0.0552. The molecule has 9 nitrogen and oxygen atoms in total. The second-order valence-electron chi connectivity index (χ2n) is 11.2. The molecule has 2 aromatic carbocycles. The molecule has 2 N–H and O–H groups in total. The monoisotopic (exact) mass is 544 g/mol. The van der Waals surface area contributed by atoms with E-state index in [4.69, 9.17) is 0 Å². The van der Waals surface area contributed by atoms with Crippen LogP contribution < -0.4 is 5.32 Å². The minimum atomic E-state index is -1.01. The lowest BCUT2D eigenvalue weighted by Crippen LogP contribution is -2.35. The molecule has 0 bridgehead atoms. The number of hydrogen-bond donors (Lipinski definition) is 2. The molecule has 40 heavy (non-hydrogen) atoms. The van der Waals surface area contributed by atoms with Gasteiger partial charge >= 0.3 is 6.09 Å². The van der Waals surface area contributed by atoms with Gasteiger partial charge in [0.1, 0.15) is 0 Å². The van der Waals surface area contributed by atoms with Crippen molar-refractivity contribution in [1.29, 1.82) is 0 Å². The van der Waals surface area contributed by atoms with Crippen LogP contribution in [0, 0.1) is 18.8 Å². The number of para-hydroxylation sites is 1. The average molecular weight is 545 g/mol. The number of likely N-dealkylation sites (tertiary alicyclic amines) is 2.